The molecule has 0 bridgehead atoms. The zero-order valence-electron chi connectivity index (χ0n) is 12.1. The topological polar surface area (TPSA) is 60.4 Å². The van der Waals surface area contributed by atoms with Crippen LogP contribution in [-0.4, -0.2) is 32.3 Å². The normalized spacial score (nSPS) is 11.3. The Morgan fingerprint density at radius 1 is 1.15 bits per heavy atom. The summed E-state index contributed by atoms with van der Waals surface area (Å²) in [5.41, 5.74) is 0.482. The van der Waals surface area contributed by atoms with E-state index in [0.717, 1.165) is 12.8 Å². The van der Waals surface area contributed by atoms with Crippen molar-refractivity contribution in [2.45, 2.75) is 33.1 Å². The van der Waals surface area contributed by atoms with Crippen LogP contribution in [0.3, 0.4) is 0 Å². The van der Waals surface area contributed by atoms with Gasteiger partial charge in [-0.3, -0.25) is 4.79 Å². The number of hydrogen-bond acceptors (Lipinski definition) is 4. The number of carbonyl (C=O) groups is 1. The molecule has 0 fully saturated rings. The van der Waals surface area contributed by atoms with Crippen molar-refractivity contribution in [3.05, 3.63) is 29.8 Å². The van der Waals surface area contributed by atoms with Crippen LogP contribution in [0.2, 0.25) is 0 Å². The Labute approximate surface area is 121 Å². The third-order valence-corrected chi connectivity index (χ3v) is 4.68. The maximum atomic E-state index is 11.8. The van der Waals surface area contributed by atoms with Crippen LogP contribution in [0, 0.1) is 0 Å². The molecule has 0 aromatic heterocycles. The number of hydrogen-bond donors (Lipinski definition) is 0. The molecule has 0 saturated carbocycles. The van der Waals surface area contributed by atoms with Gasteiger partial charge >= 0.3 is 0 Å². The summed E-state index contributed by atoms with van der Waals surface area (Å²) < 4.78 is 29.0. The van der Waals surface area contributed by atoms with E-state index in [0.29, 0.717) is 17.7 Å². The number of ether oxygens (including phenoxy) is 1. The Bertz CT molecular complexity index is 535. The fourth-order valence-electron chi connectivity index (χ4n) is 1.84. The van der Waals surface area contributed by atoms with Crippen molar-refractivity contribution in [3.8, 4) is 5.75 Å². The van der Waals surface area contributed by atoms with Gasteiger partial charge in [-0.05, 0) is 25.5 Å². The Hall–Kier alpha value is -1.36. The molecule has 0 amide bonds. The average molecular weight is 298 g/mol. The number of Topliss-reactive ketones (excluding diaryl/α,β-unsaturated/α-hetero) is 1. The maximum Gasteiger partial charge on any atom is 0.163 e. The van der Waals surface area contributed by atoms with Crippen molar-refractivity contribution in [3.63, 3.8) is 0 Å². The highest BCUT2D eigenvalue weighted by atomic mass is 32.2. The van der Waals surface area contributed by atoms with Crippen LogP contribution >= 0.6 is 0 Å². The molecule has 0 N–H and O–H groups in total. The van der Waals surface area contributed by atoms with E-state index in [4.69, 9.17) is 4.74 Å². The number of unbranched alkanes of at least 4 members (excludes halogenated alkanes) is 2. The van der Waals surface area contributed by atoms with Gasteiger partial charge in [0.25, 0.3) is 0 Å². The second-order valence-electron chi connectivity index (χ2n) is 4.76. The molecule has 0 aliphatic carbocycles. The molecule has 0 unspecified atom stereocenters. The molecule has 0 radical (unpaired) electrons. The highest BCUT2D eigenvalue weighted by Crippen LogP contribution is 2.18. The summed E-state index contributed by atoms with van der Waals surface area (Å²) in [4.78, 5) is 11.4. The summed E-state index contributed by atoms with van der Waals surface area (Å²) in [6.45, 7) is 3.58. The molecule has 4 nitrogen and oxygen atoms in total. The maximum absolute atomic E-state index is 11.8. The highest BCUT2D eigenvalue weighted by Gasteiger charge is 2.12. The third-order valence-electron chi connectivity index (χ3n) is 2.98. The van der Waals surface area contributed by atoms with Gasteiger partial charge < -0.3 is 4.74 Å². The van der Waals surface area contributed by atoms with Crippen molar-refractivity contribution in [2.75, 3.05) is 18.1 Å². The van der Waals surface area contributed by atoms with Crippen LogP contribution in [-0.2, 0) is 9.84 Å². The lowest BCUT2D eigenvalue weighted by Gasteiger charge is -2.10. The second-order valence-corrected chi connectivity index (χ2v) is 7.06. The molecule has 0 aliphatic rings. The van der Waals surface area contributed by atoms with Crippen molar-refractivity contribution in [2.24, 2.45) is 0 Å². The summed E-state index contributed by atoms with van der Waals surface area (Å²) in [6, 6.07) is 6.87. The second kappa shape index (κ2) is 8.04. The van der Waals surface area contributed by atoms with Gasteiger partial charge in [0.05, 0.1) is 17.1 Å². The molecule has 1 aromatic rings. The largest absolute Gasteiger partial charge is 0.492 e. The van der Waals surface area contributed by atoms with Crippen LogP contribution in [0.4, 0.5) is 0 Å². The van der Waals surface area contributed by atoms with Crippen LogP contribution in [0.5, 0.6) is 5.75 Å². The Kier molecular flexibility index (Phi) is 6.71. The van der Waals surface area contributed by atoms with Crippen molar-refractivity contribution >= 4 is 15.6 Å². The predicted octanol–water partition coefficient (Wildman–Crippen LogP) is 2.87. The first kappa shape index (κ1) is 16.7. The molecule has 0 aliphatic heterocycles. The van der Waals surface area contributed by atoms with Gasteiger partial charge in [-0.15, -0.1) is 0 Å². The van der Waals surface area contributed by atoms with E-state index in [1.807, 2.05) is 6.92 Å². The van der Waals surface area contributed by atoms with Gasteiger partial charge in [-0.2, -0.15) is 0 Å². The Morgan fingerprint density at radius 3 is 2.50 bits per heavy atom. The van der Waals surface area contributed by atoms with Gasteiger partial charge in [0.1, 0.15) is 12.4 Å². The lowest BCUT2D eigenvalue weighted by molar-refractivity contribution is 0.101. The van der Waals surface area contributed by atoms with Gasteiger partial charge in [0.15, 0.2) is 15.6 Å². The number of rotatable bonds is 9. The molecule has 0 spiro atoms. The van der Waals surface area contributed by atoms with Gasteiger partial charge in [-0.25, -0.2) is 8.42 Å². The summed E-state index contributed by atoms with van der Waals surface area (Å²) in [7, 11) is -3.07. The van der Waals surface area contributed by atoms with Crippen LogP contribution in [0.15, 0.2) is 24.3 Å². The van der Waals surface area contributed by atoms with Crippen molar-refractivity contribution < 1.29 is 17.9 Å². The van der Waals surface area contributed by atoms with Crippen molar-refractivity contribution in [1.82, 2.24) is 0 Å². The van der Waals surface area contributed by atoms with Gasteiger partial charge in [0.2, 0.25) is 0 Å². The molecular formula is C15H22O4S. The fraction of sp³-hybridized carbons (Fsp3) is 0.533. The lowest BCUT2D eigenvalue weighted by Crippen LogP contribution is -2.17. The lowest BCUT2D eigenvalue weighted by atomic mass is 10.1. The van der Waals surface area contributed by atoms with E-state index in [-0.39, 0.29) is 23.9 Å². The first-order chi connectivity index (χ1) is 9.46. The quantitative estimate of drug-likeness (QED) is 0.519. The summed E-state index contributed by atoms with van der Waals surface area (Å²) in [5, 5.41) is 0. The van der Waals surface area contributed by atoms with Gasteiger partial charge in [-0.1, -0.05) is 31.9 Å². The first-order valence-electron chi connectivity index (χ1n) is 6.89. The zero-order chi connectivity index (χ0) is 15.0. The van der Waals surface area contributed by atoms with Crippen LogP contribution in [0.25, 0.3) is 0 Å². The minimum atomic E-state index is -3.07. The number of benzene rings is 1. The number of ketones is 1. The van der Waals surface area contributed by atoms with E-state index in [2.05, 4.69) is 0 Å². The molecule has 112 valence electrons. The summed E-state index contributed by atoms with van der Waals surface area (Å²) in [6.07, 6.45) is 2.62. The van der Waals surface area contributed by atoms with E-state index >= 15 is 0 Å². The third kappa shape index (κ3) is 5.74. The molecule has 1 aromatic carbocycles. The Morgan fingerprint density at radius 2 is 1.85 bits per heavy atom. The highest BCUT2D eigenvalue weighted by molar-refractivity contribution is 7.91. The smallest absolute Gasteiger partial charge is 0.163 e. The number of carbonyl (C=O) groups excluding carboxylic acids is 1. The molecule has 0 heterocycles. The molecular weight excluding hydrogens is 276 g/mol. The fourth-order valence-corrected chi connectivity index (χ4v) is 3.02. The van der Waals surface area contributed by atoms with Gasteiger partial charge in [0, 0.05) is 0 Å². The average Bonchev–Trinajstić information content (AvgIpc) is 2.39. The van der Waals surface area contributed by atoms with Crippen molar-refractivity contribution in [1.29, 1.82) is 0 Å². The summed E-state index contributed by atoms with van der Waals surface area (Å²) >= 11 is 0. The minimum Gasteiger partial charge on any atom is -0.492 e. The van der Waals surface area contributed by atoms with E-state index in [1.54, 1.807) is 24.3 Å². The number of sulfone groups is 1. The van der Waals surface area contributed by atoms with E-state index in [1.165, 1.54) is 6.92 Å². The standard InChI is InChI=1S/C15H22O4S/c1-3-4-7-11-20(17,18)12-10-19-15-9-6-5-8-14(15)13(2)16/h5-6,8-9H,3-4,7,10-12H2,1-2H3. The zero-order valence-corrected chi connectivity index (χ0v) is 12.9. The SMILES string of the molecule is CCCCCS(=O)(=O)CCOc1ccccc1C(C)=O. The minimum absolute atomic E-state index is 0.0110. The number of para-hydroxylation sites is 1. The molecule has 0 atom stereocenters. The summed E-state index contributed by atoms with van der Waals surface area (Å²) in [5.74, 6) is 0.553. The first-order valence-corrected chi connectivity index (χ1v) is 8.71. The van der Waals surface area contributed by atoms with E-state index < -0.39 is 9.84 Å². The molecule has 20 heavy (non-hydrogen) atoms. The molecule has 5 heteroatoms. The van der Waals surface area contributed by atoms with Crippen LogP contribution in [0.1, 0.15) is 43.5 Å². The molecule has 0 saturated heterocycles. The predicted molar refractivity (Wildman–Crippen MR) is 80.1 cm³/mol. The van der Waals surface area contributed by atoms with E-state index in [9.17, 15) is 13.2 Å². The van der Waals surface area contributed by atoms with Crippen LogP contribution < -0.4 is 4.74 Å². The monoisotopic (exact) mass is 298 g/mol. The Balaban J connectivity index is 2.50. The molecule has 1 rings (SSSR count).